The van der Waals surface area contributed by atoms with Crippen LogP contribution in [0.3, 0.4) is 0 Å². The van der Waals surface area contributed by atoms with E-state index in [1.807, 2.05) is 37.3 Å². The lowest BCUT2D eigenvalue weighted by atomic mass is 10.2. The molecule has 3 N–H and O–H groups in total. The Hall–Kier alpha value is -3.95. The van der Waals surface area contributed by atoms with Crippen LogP contribution in [0.25, 0.3) is 0 Å². The Bertz CT molecular complexity index is 1280. The first kappa shape index (κ1) is 23.2. The average Bonchev–Trinajstić information content (AvgIpc) is 2.82. The van der Waals surface area contributed by atoms with Gasteiger partial charge in [-0.2, -0.15) is 5.10 Å². The highest BCUT2D eigenvalue weighted by molar-refractivity contribution is 7.80. The number of urea groups is 1. The Morgan fingerprint density at radius 2 is 1.82 bits per heavy atom. The monoisotopic (exact) mass is 493 g/mol. The van der Waals surface area contributed by atoms with Gasteiger partial charge in [-0.25, -0.2) is 10.2 Å². The summed E-state index contributed by atoms with van der Waals surface area (Å²) in [5.74, 6) is 0.106. The zero-order valence-corrected chi connectivity index (χ0v) is 19.6. The third-order valence-corrected chi connectivity index (χ3v) is 5.47. The first-order valence-corrected chi connectivity index (χ1v) is 11.0. The lowest BCUT2D eigenvalue weighted by Gasteiger charge is -2.30. The number of carbonyl (C=O) groups excluding carboxylic acids is 2. The van der Waals surface area contributed by atoms with Gasteiger partial charge in [-0.3, -0.25) is 9.69 Å². The van der Waals surface area contributed by atoms with Gasteiger partial charge in [0.05, 0.1) is 11.9 Å². The molecule has 1 heterocycles. The topological polar surface area (TPSA) is 95.1 Å². The van der Waals surface area contributed by atoms with E-state index in [2.05, 4.69) is 21.2 Å². The molecule has 0 unspecified atom stereocenters. The van der Waals surface area contributed by atoms with Crippen molar-refractivity contribution in [2.75, 3.05) is 22.1 Å². The van der Waals surface area contributed by atoms with Crippen LogP contribution >= 0.6 is 23.8 Å². The van der Waals surface area contributed by atoms with Gasteiger partial charge in [-0.1, -0.05) is 47.5 Å². The lowest BCUT2D eigenvalue weighted by Crippen LogP contribution is -2.45. The van der Waals surface area contributed by atoms with E-state index in [9.17, 15) is 9.59 Å². The molecule has 0 fully saturated rings. The highest BCUT2D eigenvalue weighted by Gasteiger charge is 2.29. The van der Waals surface area contributed by atoms with Crippen LogP contribution in [-0.2, 0) is 4.79 Å². The van der Waals surface area contributed by atoms with Crippen molar-refractivity contribution in [3.63, 3.8) is 0 Å². The molecule has 8 nitrogen and oxygen atoms in total. The maximum absolute atomic E-state index is 12.5. The molecular formula is C24H20ClN5O3S. The number of ether oxygens (including phenoxy) is 1. The van der Waals surface area contributed by atoms with E-state index in [1.165, 1.54) is 11.1 Å². The van der Waals surface area contributed by atoms with Gasteiger partial charge >= 0.3 is 6.03 Å². The number of hydrogen-bond acceptors (Lipinski definition) is 5. The fourth-order valence-corrected chi connectivity index (χ4v) is 3.67. The van der Waals surface area contributed by atoms with Crippen LogP contribution in [0.5, 0.6) is 5.75 Å². The summed E-state index contributed by atoms with van der Waals surface area (Å²) in [4.78, 5) is 26.1. The first-order chi connectivity index (χ1) is 16.4. The summed E-state index contributed by atoms with van der Waals surface area (Å²) in [5, 5.41) is 10.4. The number of aryl methyl sites for hydroxylation is 1. The van der Waals surface area contributed by atoms with Gasteiger partial charge in [0, 0.05) is 28.0 Å². The molecule has 3 amide bonds. The number of thiocarbonyl (C=S) groups is 1. The fraction of sp³-hybridized carbons (Fsp3) is 0.0833. The van der Waals surface area contributed by atoms with Crippen molar-refractivity contribution < 1.29 is 14.3 Å². The average molecular weight is 494 g/mol. The molecule has 0 bridgehead atoms. The van der Waals surface area contributed by atoms with E-state index >= 15 is 0 Å². The van der Waals surface area contributed by atoms with E-state index < -0.39 is 6.03 Å². The molecular weight excluding hydrogens is 474 g/mol. The van der Waals surface area contributed by atoms with Crippen LogP contribution in [0.4, 0.5) is 21.9 Å². The van der Waals surface area contributed by atoms with Gasteiger partial charge in [0.25, 0.3) is 5.91 Å². The molecule has 1 aliphatic rings. The van der Waals surface area contributed by atoms with Crippen molar-refractivity contribution in [3.8, 4) is 5.75 Å². The number of carbonyl (C=O) groups is 2. The molecule has 3 aromatic rings. The SMILES string of the molecule is Cc1ccc(NC(=S)N2C(=O)COc3cc(NC(=O)N/N=C\c4ccccc4Cl)ccc32)cc1. The van der Waals surface area contributed by atoms with Crippen molar-refractivity contribution in [3.05, 3.63) is 82.9 Å². The normalized spacial score (nSPS) is 12.6. The van der Waals surface area contributed by atoms with E-state index in [4.69, 9.17) is 28.6 Å². The van der Waals surface area contributed by atoms with Gasteiger partial charge in [-0.05, 0) is 49.5 Å². The molecule has 0 saturated carbocycles. The van der Waals surface area contributed by atoms with Gasteiger partial charge in [0.2, 0.25) is 0 Å². The van der Waals surface area contributed by atoms with Gasteiger partial charge < -0.3 is 15.4 Å². The number of hydrazone groups is 1. The second-order valence-corrected chi connectivity index (χ2v) is 8.14. The predicted octanol–water partition coefficient (Wildman–Crippen LogP) is 4.93. The summed E-state index contributed by atoms with van der Waals surface area (Å²) in [5.41, 5.74) is 5.86. The van der Waals surface area contributed by atoms with Crippen molar-refractivity contribution >= 4 is 64.1 Å². The number of nitrogens with one attached hydrogen (secondary N) is 3. The summed E-state index contributed by atoms with van der Waals surface area (Å²) >= 11 is 11.5. The third-order valence-electron chi connectivity index (χ3n) is 4.84. The Morgan fingerprint density at radius 1 is 1.09 bits per heavy atom. The second kappa shape index (κ2) is 10.3. The zero-order chi connectivity index (χ0) is 24.1. The largest absolute Gasteiger partial charge is 0.481 e. The van der Waals surface area contributed by atoms with Crippen LogP contribution in [0.1, 0.15) is 11.1 Å². The molecule has 0 aliphatic carbocycles. The minimum absolute atomic E-state index is 0.180. The number of halogens is 1. The van der Waals surface area contributed by atoms with Crippen LogP contribution in [0, 0.1) is 6.92 Å². The summed E-state index contributed by atoms with van der Waals surface area (Å²) < 4.78 is 5.56. The maximum Gasteiger partial charge on any atom is 0.339 e. The Kier molecular flexibility index (Phi) is 7.05. The highest BCUT2D eigenvalue weighted by atomic mass is 35.5. The van der Waals surface area contributed by atoms with Crippen LogP contribution in [-0.4, -0.2) is 29.9 Å². The molecule has 0 spiro atoms. The van der Waals surface area contributed by atoms with E-state index in [-0.39, 0.29) is 17.6 Å². The highest BCUT2D eigenvalue weighted by Crippen LogP contribution is 2.35. The number of anilines is 3. The van der Waals surface area contributed by atoms with E-state index in [0.29, 0.717) is 27.7 Å². The molecule has 34 heavy (non-hydrogen) atoms. The van der Waals surface area contributed by atoms with Crippen molar-refractivity contribution in [2.24, 2.45) is 5.10 Å². The molecule has 1 aliphatic heterocycles. The number of amides is 3. The smallest absolute Gasteiger partial charge is 0.339 e. The maximum atomic E-state index is 12.5. The number of hydrogen-bond donors (Lipinski definition) is 3. The molecule has 0 atom stereocenters. The van der Waals surface area contributed by atoms with Crippen LogP contribution in [0.15, 0.2) is 71.8 Å². The van der Waals surface area contributed by atoms with E-state index in [1.54, 1.807) is 36.4 Å². The molecule has 4 rings (SSSR count). The second-order valence-electron chi connectivity index (χ2n) is 7.34. The fourth-order valence-electron chi connectivity index (χ4n) is 3.17. The zero-order valence-electron chi connectivity index (χ0n) is 18.0. The Labute approximate surface area is 206 Å². The molecule has 3 aromatic carbocycles. The van der Waals surface area contributed by atoms with Gasteiger partial charge in [0.15, 0.2) is 11.7 Å². The molecule has 0 radical (unpaired) electrons. The van der Waals surface area contributed by atoms with Crippen LogP contribution in [0.2, 0.25) is 5.02 Å². The quantitative estimate of drug-likeness (QED) is 0.272. The third kappa shape index (κ3) is 5.51. The Morgan fingerprint density at radius 3 is 2.59 bits per heavy atom. The molecule has 10 heteroatoms. The van der Waals surface area contributed by atoms with Crippen molar-refractivity contribution in [1.29, 1.82) is 0 Å². The molecule has 0 saturated heterocycles. The van der Waals surface area contributed by atoms with Crippen LogP contribution < -0.4 is 25.7 Å². The minimum Gasteiger partial charge on any atom is -0.481 e. The van der Waals surface area contributed by atoms with E-state index in [0.717, 1.165) is 11.3 Å². The summed E-state index contributed by atoms with van der Waals surface area (Å²) in [6.45, 7) is 1.81. The molecule has 0 aromatic heterocycles. The lowest BCUT2D eigenvalue weighted by molar-refractivity contribution is -0.120. The standard InChI is InChI=1S/C24H20ClN5O3S/c1-15-6-8-17(9-7-15)28-24(34)30-20-11-10-18(12-21(20)33-14-22(30)31)27-23(32)29-26-13-16-4-2-3-5-19(16)25/h2-13H,14H2,1H3,(H,28,34)(H2,27,29,32)/b26-13-. The van der Waals surface area contributed by atoms with Gasteiger partial charge in [0.1, 0.15) is 5.75 Å². The Balaban J connectivity index is 1.43. The minimum atomic E-state index is -0.552. The first-order valence-electron chi connectivity index (χ1n) is 10.2. The number of fused-ring (bicyclic) bond motifs is 1. The molecule has 172 valence electrons. The predicted molar refractivity (Wildman–Crippen MR) is 138 cm³/mol. The summed E-state index contributed by atoms with van der Waals surface area (Å²) in [6, 6.07) is 19.1. The summed E-state index contributed by atoms with van der Waals surface area (Å²) in [7, 11) is 0. The summed E-state index contributed by atoms with van der Waals surface area (Å²) in [6.07, 6.45) is 1.45. The number of nitrogens with zero attached hydrogens (tertiary/aromatic N) is 2. The number of rotatable bonds is 4. The number of benzene rings is 3. The van der Waals surface area contributed by atoms with Crippen molar-refractivity contribution in [1.82, 2.24) is 5.43 Å². The van der Waals surface area contributed by atoms with Gasteiger partial charge in [-0.15, -0.1) is 0 Å². The van der Waals surface area contributed by atoms with Crippen molar-refractivity contribution in [2.45, 2.75) is 6.92 Å².